The van der Waals surface area contributed by atoms with Crippen molar-refractivity contribution in [1.29, 1.82) is 0 Å². The Morgan fingerprint density at radius 3 is 2.16 bits per heavy atom. The van der Waals surface area contributed by atoms with E-state index in [0.717, 1.165) is 42.9 Å². The largest absolute Gasteiger partial charge is 0.573 e. The number of hydrogen-bond donors (Lipinski definition) is 2. The van der Waals surface area contributed by atoms with Crippen LogP contribution < -0.4 is 15.4 Å². The molecular formula is C25H24F6N4O2. The quantitative estimate of drug-likeness (QED) is 0.377. The summed E-state index contributed by atoms with van der Waals surface area (Å²) in [4.78, 5) is 14.5. The molecule has 4 rings (SSSR count). The Hall–Kier alpha value is -3.67. The van der Waals surface area contributed by atoms with Crippen LogP contribution in [0.3, 0.4) is 0 Å². The monoisotopic (exact) mass is 526 g/mol. The molecule has 3 aromatic rings. The zero-order valence-electron chi connectivity index (χ0n) is 19.4. The molecule has 0 atom stereocenters. The van der Waals surface area contributed by atoms with Gasteiger partial charge in [0, 0.05) is 49.4 Å². The maximum atomic E-state index is 12.8. The van der Waals surface area contributed by atoms with Crippen LogP contribution >= 0.6 is 0 Å². The van der Waals surface area contributed by atoms with E-state index >= 15 is 0 Å². The van der Waals surface area contributed by atoms with Gasteiger partial charge in [-0.05, 0) is 73.0 Å². The molecule has 1 fully saturated rings. The van der Waals surface area contributed by atoms with Crippen LogP contribution in [-0.4, -0.2) is 41.0 Å². The molecule has 2 amide bonds. The number of rotatable bonds is 6. The Morgan fingerprint density at radius 2 is 1.57 bits per heavy atom. The van der Waals surface area contributed by atoms with Crippen LogP contribution in [0.15, 0.2) is 67.0 Å². The van der Waals surface area contributed by atoms with Gasteiger partial charge in [-0.25, -0.2) is 4.79 Å². The minimum absolute atomic E-state index is 0.0548. The molecule has 1 aliphatic rings. The molecule has 2 heterocycles. The van der Waals surface area contributed by atoms with E-state index in [4.69, 9.17) is 0 Å². The van der Waals surface area contributed by atoms with E-state index in [0.29, 0.717) is 30.8 Å². The number of carbonyl (C=O) groups excluding carboxylic acids is 1. The lowest BCUT2D eigenvalue weighted by molar-refractivity contribution is -0.274. The van der Waals surface area contributed by atoms with Gasteiger partial charge < -0.3 is 19.9 Å². The highest BCUT2D eigenvalue weighted by Crippen LogP contribution is 2.30. The lowest BCUT2D eigenvalue weighted by atomic mass is 10.0. The number of alkyl halides is 6. The minimum Gasteiger partial charge on any atom is -0.406 e. The fourth-order valence-corrected chi connectivity index (χ4v) is 4.10. The van der Waals surface area contributed by atoms with Gasteiger partial charge in [-0.15, -0.1) is 13.2 Å². The molecule has 12 heteroatoms. The maximum absolute atomic E-state index is 12.8. The van der Waals surface area contributed by atoms with E-state index in [-0.39, 0.29) is 11.8 Å². The van der Waals surface area contributed by atoms with Crippen LogP contribution in [0.2, 0.25) is 0 Å². The average Bonchev–Trinajstić information content (AvgIpc) is 3.29. The fourth-order valence-electron chi connectivity index (χ4n) is 4.10. The van der Waals surface area contributed by atoms with E-state index < -0.39 is 24.1 Å². The first-order chi connectivity index (χ1) is 17.4. The van der Waals surface area contributed by atoms with Gasteiger partial charge >= 0.3 is 18.6 Å². The van der Waals surface area contributed by atoms with Crippen molar-refractivity contribution in [3.05, 3.63) is 78.1 Å². The lowest BCUT2D eigenvalue weighted by Gasteiger charge is -2.32. The second kappa shape index (κ2) is 10.8. The molecule has 0 bridgehead atoms. The smallest absolute Gasteiger partial charge is 0.406 e. The second-order valence-electron chi connectivity index (χ2n) is 8.69. The van der Waals surface area contributed by atoms with E-state index in [2.05, 4.69) is 20.3 Å². The minimum atomic E-state index is -4.78. The predicted octanol–water partition coefficient (Wildman–Crippen LogP) is 6.18. The Balaban J connectivity index is 1.21. The molecule has 6 nitrogen and oxygen atoms in total. The molecule has 198 valence electrons. The molecule has 1 saturated heterocycles. The van der Waals surface area contributed by atoms with Gasteiger partial charge in [0.25, 0.3) is 0 Å². The van der Waals surface area contributed by atoms with Crippen LogP contribution in [0, 0.1) is 0 Å². The highest BCUT2D eigenvalue weighted by Gasteiger charge is 2.31. The summed E-state index contributed by atoms with van der Waals surface area (Å²) in [7, 11) is 0. The topological polar surface area (TPSA) is 58.5 Å². The first-order valence-electron chi connectivity index (χ1n) is 11.4. The number of halogens is 6. The Bertz CT molecular complexity index is 1180. The number of likely N-dealkylation sites (tertiary alicyclic amines) is 1. The second-order valence-corrected chi connectivity index (χ2v) is 8.69. The van der Waals surface area contributed by atoms with Crippen LogP contribution in [0.5, 0.6) is 5.75 Å². The Kier molecular flexibility index (Phi) is 7.67. The van der Waals surface area contributed by atoms with Gasteiger partial charge in [0.05, 0.1) is 5.56 Å². The number of amides is 2. The molecule has 0 aliphatic carbocycles. The number of urea groups is 1. The summed E-state index contributed by atoms with van der Waals surface area (Å²) in [6, 6.07) is 11.3. The number of ether oxygens (including phenoxy) is 1. The average molecular weight is 526 g/mol. The third-order valence-electron chi connectivity index (χ3n) is 5.92. The van der Waals surface area contributed by atoms with Crippen molar-refractivity contribution in [2.75, 3.05) is 18.4 Å². The van der Waals surface area contributed by atoms with Gasteiger partial charge in [-0.2, -0.15) is 13.2 Å². The predicted molar refractivity (Wildman–Crippen MR) is 124 cm³/mol. The standard InChI is InChI=1S/C25H24F6N4O2/c26-24(27,28)18-1-5-21(6-2-18)35-14-9-17(16-35)15-34-12-10-20(11-13-34)33-23(36)32-19-3-7-22(8-4-19)37-25(29,30)31/h1-9,14,16,20H,10-13,15H2,(H2,32,33,36). The number of benzene rings is 2. The van der Waals surface area contributed by atoms with Gasteiger partial charge in [-0.1, -0.05) is 0 Å². The molecule has 2 aromatic carbocycles. The number of carbonyl (C=O) groups is 1. The van der Waals surface area contributed by atoms with Gasteiger partial charge in [0.2, 0.25) is 0 Å². The van der Waals surface area contributed by atoms with Gasteiger partial charge in [-0.3, -0.25) is 4.90 Å². The van der Waals surface area contributed by atoms with Crippen LogP contribution in [0.1, 0.15) is 24.0 Å². The highest BCUT2D eigenvalue weighted by molar-refractivity contribution is 5.89. The van der Waals surface area contributed by atoms with Crippen molar-refractivity contribution in [3.63, 3.8) is 0 Å². The number of nitrogens with one attached hydrogen (secondary N) is 2. The number of hydrogen-bond acceptors (Lipinski definition) is 3. The molecule has 1 aliphatic heterocycles. The first-order valence-corrected chi connectivity index (χ1v) is 11.4. The lowest BCUT2D eigenvalue weighted by Crippen LogP contribution is -2.45. The molecule has 0 saturated carbocycles. The molecule has 2 N–H and O–H groups in total. The Morgan fingerprint density at radius 1 is 0.919 bits per heavy atom. The summed E-state index contributed by atoms with van der Waals surface area (Å²) in [5, 5.41) is 5.47. The van der Waals surface area contributed by atoms with Crippen LogP contribution in [-0.2, 0) is 12.7 Å². The van der Waals surface area contributed by atoms with Gasteiger partial charge in [0.1, 0.15) is 5.75 Å². The van der Waals surface area contributed by atoms with Crippen molar-refractivity contribution in [3.8, 4) is 11.4 Å². The van der Waals surface area contributed by atoms with Crippen molar-refractivity contribution >= 4 is 11.7 Å². The normalized spacial score (nSPS) is 15.4. The van der Waals surface area contributed by atoms with Crippen molar-refractivity contribution in [2.45, 2.75) is 38.0 Å². The third kappa shape index (κ3) is 7.66. The zero-order chi connectivity index (χ0) is 26.6. The maximum Gasteiger partial charge on any atom is 0.573 e. The molecule has 1 aromatic heterocycles. The summed E-state index contributed by atoms with van der Waals surface area (Å²) in [6.07, 6.45) is -4.04. The number of anilines is 1. The zero-order valence-corrected chi connectivity index (χ0v) is 19.4. The Labute approximate surface area is 208 Å². The summed E-state index contributed by atoms with van der Waals surface area (Å²) < 4.78 is 80.6. The van der Waals surface area contributed by atoms with Crippen molar-refractivity contribution in [2.24, 2.45) is 0 Å². The van der Waals surface area contributed by atoms with Crippen molar-refractivity contribution < 1.29 is 35.9 Å². The van der Waals surface area contributed by atoms with Crippen LogP contribution in [0.4, 0.5) is 36.8 Å². The van der Waals surface area contributed by atoms with E-state index in [1.807, 2.05) is 12.3 Å². The summed E-state index contributed by atoms with van der Waals surface area (Å²) in [6.45, 7) is 2.14. The number of piperidine rings is 1. The van der Waals surface area contributed by atoms with Crippen molar-refractivity contribution in [1.82, 2.24) is 14.8 Å². The third-order valence-corrected chi connectivity index (χ3v) is 5.92. The fraction of sp³-hybridized carbons (Fsp3) is 0.320. The number of nitrogens with zero attached hydrogens (tertiary/aromatic N) is 2. The van der Waals surface area contributed by atoms with E-state index in [1.54, 1.807) is 10.8 Å². The van der Waals surface area contributed by atoms with Gasteiger partial charge in [0.15, 0.2) is 0 Å². The summed E-state index contributed by atoms with van der Waals surface area (Å²) >= 11 is 0. The number of aromatic nitrogens is 1. The highest BCUT2D eigenvalue weighted by atomic mass is 19.4. The molecular weight excluding hydrogens is 502 g/mol. The summed E-state index contributed by atoms with van der Waals surface area (Å²) in [5.74, 6) is -0.375. The molecule has 0 spiro atoms. The van der Waals surface area contributed by atoms with E-state index in [9.17, 15) is 31.1 Å². The van der Waals surface area contributed by atoms with E-state index in [1.165, 1.54) is 24.3 Å². The first kappa shape index (κ1) is 26.4. The summed E-state index contributed by atoms with van der Waals surface area (Å²) in [5.41, 5.74) is 1.29. The molecule has 0 radical (unpaired) electrons. The SMILES string of the molecule is O=C(Nc1ccc(OC(F)(F)F)cc1)NC1CCN(Cc2ccn(-c3ccc(C(F)(F)F)cc3)c2)CC1. The molecule has 37 heavy (non-hydrogen) atoms. The van der Waals surface area contributed by atoms with Crippen LogP contribution in [0.25, 0.3) is 5.69 Å². The molecule has 0 unspecified atom stereocenters.